The van der Waals surface area contributed by atoms with Crippen LogP contribution in [0.5, 0.6) is 0 Å². The zero-order valence-electron chi connectivity index (χ0n) is 13.1. The van der Waals surface area contributed by atoms with Gasteiger partial charge in [0.25, 0.3) is 0 Å². The zero-order valence-corrected chi connectivity index (χ0v) is 13.1. The SMILES string of the molecule is Cc1ccc(C(F)(F)C(F)(F)C(F)(F)C(F)(F)C(F)(F)C(F)(F)F)cc1C. The van der Waals surface area contributed by atoms with Crippen LogP contribution in [0, 0.1) is 13.8 Å². The van der Waals surface area contributed by atoms with E-state index in [2.05, 4.69) is 0 Å². The van der Waals surface area contributed by atoms with E-state index < -0.39 is 41.4 Å². The van der Waals surface area contributed by atoms with E-state index in [4.69, 9.17) is 0 Å². The summed E-state index contributed by atoms with van der Waals surface area (Å²) in [6.45, 7) is 2.33. The highest BCUT2D eigenvalue weighted by molar-refractivity contribution is 5.34. The maximum absolute atomic E-state index is 13.9. The number of halogens is 13. The number of hydrogen-bond acceptors (Lipinski definition) is 0. The van der Waals surface area contributed by atoms with Gasteiger partial charge in [-0.15, -0.1) is 0 Å². The first-order valence-electron chi connectivity index (χ1n) is 6.69. The van der Waals surface area contributed by atoms with Crippen molar-refractivity contribution in [2.45, 2.75) is 49.6 Å². The molecule has 0 aliphatic heterocycles. The van der Waals surface area contributed by atoms with Gasteiger partial charge in [-0.1, -0.05) is 12.1 Å². The first-order chi connectivity index (χ1) is 11.7. The summed E-state index contributed by atoms with van der Waals surface area (Å²) in [4.78, 5) is 0. The molecular formula is C14H9F13. The minimum absolute atomic E-state index is 0.131. The van der Waals surface area contributed by atoms with Crippen molar-refractivity contribution >= 4 is 0 Å². The third kappa shape index (κ3) is 3.12. The van der Waals surface area contributed by atoms with Crippen LogP contribution in [0.1, 0.15) is 16.7 Å². The molecule has 0 unspecified atom stereocenters. The molecule has 156 valence electrons. The topological polar surface area (TPSA) is 0 Å². The monoisotopic (exact) mass is 424 g/mol. The molecule has 1 aromatic rings. The van der Waals surface area contributed by atoms with Gasteiger partial charge in [0, 0.05) is 5.56 Å². The quantitative estimate of drug-likeness (QED) is 0.474. The Morgan fingerprint density at radius 2 is 0.926 bits per heavy atom. The molecule has 1 rings (SSSR count). The molecule has 0 radical (unpaired) electrons. The normalized spacial score (nSPS) is 15.2. The number of hydrogen-bond donors (Lipinski definition) is 0. The van der Waals surface area contributed by atoms with Crippen LogP contribution in [-0.2, 0) is 5.92 Å². The predicted octanol–water partition coefficient (Wildman–Crippen LogP) is 6.50. The first kappa shape index (κ1) is 23.3. The van der Waals surface area contributed by atoms with Crippen molar-refractivity contribution in [1.82, 2.24) is 0 Å². The molecule has 0 aromatic heterocycles. The van der Waals surface area contributed by atoms with E-state index in [9.17, 15) is 57.1 Å². The Labute approximate surface area is 143 Å². The molecule has 0 N–H and O–H groups in total. The van der Waals surface area contributed by atoms with Gasteiger partial charge in [-0.05, 0) is 31.0 Å². The van der Waals surface area contributed by atoms with Gasteiger partial charge in [-0.3, -0.25) is 0 Å². The van der Waals surface area contributed by atoms with Crippen LogP contribution in [0.25, 0.3) is 0 Å². The molecule has 0 spiro atoms. The van der Waals surface area contributed by atoms with Crippen molar-refractivity contribution in [2.75, 3.05) is 0 Å². The fourth-order valence-electron chi connectivity index (χ4n) is 1.89. The molecule has 0 amide bonds. The van der Waals surface area contributed by atoms with Gasteiger partial charge >= 0.3 is 35.8 Å². The molecular weight excluding hydrogens is 415 g/mol. The minimum Gasteiger partial charge on any atom is -0.194 e. The lowest BCUT2D eigenvalue weighted by Crippen LogP contribution is -2.69. The zero-order chi connectivity index (χ0) is 21.9. The highest BCUT2D eigenvalue weighted by atomic mass is 19.4. The van der Waals surface area contributed by atoms with Gasteiger partial charge in [0.15, 0.2) is 0 Å². The van der Waals surface area contributed by atoms with Gasteiger partial charge in [0.05, 0.1) is 0 Å². The Bertz CT molecular complexity index is 699. The minimum atomic E-state index is -7.88. The van der Waals surface area contributed by atoms with E-state index in [0.717, 1.165) is 13.0 Å². The van der Waals surface area contributed by atoms with E-state index in [1.54, 1.807) is 0 Å². The lowest BCUT2D eigenvalue weighted by Gasteiger charge is -2.39. The molecule has 27 heavy (non-hydrogen) atoms. The molecule has 0 nitrogen and oxygen atoms in total. The third-order valence-corrected chi connectivity index (χ3v) is 3.80. The van der Waals surface area contributed by atoms with E-state index in [0.29, 0.717) is 0 Å². The van der Waals surface area contributed by atoms with Gasteiger partial charge in [0.1, 0.15) is 0 Å². The Hall–Kier alpha value is -1.69. The molecule has 0 fully saturated rings. The molecule has 1 aromatic carbocycles. The summed E-state index contributed by atoms with van der Waals surface area (Å²) in [5.74, 6) is -36.9. The standard InChI is InChI=1S/C14H9F13/c1-6-3-4-8(5-7(6)2)9(15,16)10(17,18)11(19,20)12(21,22)13(23,24)14(25,26)27/h3-5H,1-2H3. The fourth-order valence-corrected chi connectivity index (χ4v) is 1.89. The second-order valence-corrected chi connectivity index (χ2v) is 5.67. The summed E-state index contributed by atoms with van der Waals surface area (Å²) < 4.78 is 169. The van der Waals surface area contributed by atoms with Crippen molar-refractivity contribution in [3.63, 3.8) is 0 Å². The van der Waals surface area contributed by atoms with Crippen LogP contribution in [-0.4, -0.2) is 29.9 Å². The summed E-state index contributed by atoms with van der Waals surface area (Å²) >= 11 is 0. The van der Waals surface area contributed by atoms with Crippen molar-refractivity contribution in [1.29, 1.82) is 0 Å². The largest absolute Gasteiger partial charge is 0.460 e. The lowest BCUT2D eigenvalue weighted by atomic mass is 9.89. The maximum atomic E-state index is 13.9. The molecule has 0 saturated heterocycles. The van der Waals surface area contributed by atoms with Crippen LogP contribution in [0.15, 0.2) is 18.2 Å². The first-order valence-corrected chi connectivity index (χ1v) is 6.69. The van der Waals surface area contributed by atoms with Crippen molar-refractivity contribution < 1.29 is 57.1 Å². The average molecular weight is 424 g/mol. The molecule has 0 bridgehead atoms. The lowest BCUT2D eigenvalue weighted by molar-refractivity contribution is -0.441. The van der Waals surface area contributed by atoms with Crippen LogP contribution >= 0.6 is 0 Å². The Morgan fingerprint density at radius 1 is 0.519 bits per heavy atom. The van der Waals surface area contributed by atoms with Gasteiger partial charge < -0.3 is 0 Å². The summed E-state index contributed by atoms with van der Waals surface area (Å²) in [6, 6.07) is 1.04. The van der Waals surface area contributed by atoms with Gasteiger partial charge in [-0.25, -0.2) is 0 Å². The Morgan fingerprint density at radius 3 is 1.30 bits per heavy atom. The van der Waals surface area contributed by atoms with Crippen LogP contribution < -0.4 is 0 Å². The van der Waals surface area contributed by atoms with E-state index in [-0.39, 0.29) is 23.3 Å². The van der Waals surface area contributed by atoms with E-state index in [1.165, 1.54) is 6.92 Å². The predicted molar refractivity (Wildman–Crippen MR) is 65.7 cm³/mol. The maximum Gasteiger partial charge on any atom is 0.460 e. The van der Waals surface area contributed by atoms with Crippen molar-refractivity contribution in [2.24, 2.45) is 0 Å². The highest BCUT2D eigenvalue weighted by Gasteiger charge is 2.90. The van der Waals surface area contributed by atoms with Crippen LogP contribution in [0.4, 0.5) is 57.1 Å². The highest BCUT2D eigenvalue weighted by Crippen LogP contribution is 2.62. The Kier molecular flexibility index (Phi) is 5.33. The summed E-state index contributed by atoms with van der Waals surface area (Å²) in [5, 5.41) is 0. The number of rotatable bonds is 5. The summed E-state index contributed by atoms with van der Waals surface area (Å²) in [5.41, 5.74) is -1.96. The van der Waals surface area contributed by atoms with Crippen LogP contribution in [0.2, 0.25) is 0 Å². The fraction of sp³-hybridized carbons (Fsp3) is 0.571. The molecule has 0 aliphatic carbocycles. The molecule has 0 atom stereocenters. The molecule has 0 saturated carbocycles. The van der Waals surface area contributed by atoms with Gasteiger partial charge in [-0.2, -0.15) is 57.1 Å². The second-order valence-electron chi connectivity index (χ2n) is 5.67. The number of benzene rings is 1. The smallest absolute Gasteiger partial charge is 0.194 e. The molecule has 13 heteroatoms. The van der Waals surface area contributed by atoms with Gasteiger partial charge in [0.2, 0.25) is 0 Å². The third-order valence-electron chi connectivity index (χ3n) is 3.80. The van der Waals surface area contributed by atoms with E-state index in [1.807, 2.05) is 0 Å². The number of aryl methyl sites for hydroxylation is 2. The molecule has 0 heterocycles. The summed E-state index contributed by atoms with van der Waals surface area (Å²) in [7, 11) is 0. The van der Waals surface area contributed by atoms with E-state index >= 15 is 0 Å². The average Bonchev–Trinajstić information content (AvgIpc) is 2.47. The molecule has 0 aliphatic rings. The Balaban J connectivity index is 3.60. The summed E-state index contributed by atoms with van der Waals surface area (Å²) in [6.07, 6.45) is -7.41. The van der Waals surface area contributed by atoms with Crippen molar-refractivity contribution in [3.05, 3.63) is 34.9 Å². The number of alkyl halides is 13. The van der Waals surface area contributed by atoms with Crippen LogP contribution in [0.3, 0.4) is 0 Å². The second kappa shape index (κ2) is 6.16. The van der Waals surface area contributed by atoms with Crippen molar-refractivity contribution in [3.8, 4) is 0 Å².